The predicted octanol–water partition coefficient (Wildman–Crippen LogP) is 3.52. The smallest absolute Gasteiger partial charge is 0.402 e. The molecule has 90 valence electrons. The maximum atomic E-state index is 8.78. The van der Waals surface area contributed by atoms with Crippen molar-refractivity contribution in [1.29, 1.82) is 0 Å². The van der Waals surface area contributed by atoms with Crippen molar-refractivity contribution in [3.05, 3.63) is 35.4 Å². The maximum Gasteiger partial charge on any atom is 0.402 e. The van der Waals surface area contributed by atoms with Crippen molar-refractivity contribution in [3.63, 3.8) is 0 Å². The van der Waals surface area contributed by atoms with E-state index in [9.17, 15) is 0 Å². The Morgan fingerprint density at radius 2 is 1.88 bits per heavy atom. The van der Waals surface area contributed by atoms with Gasteiger partial charge in [-0.1, -0.05) is 43.7 Å². The second-order valence-electron chi connectivity index (χ2n) is 3.77. The average Bonchev–Trinajstić information content (AvgIpc) is 2.19. The predicted molar refractivity (Wildman–Crippen MR) is 66.7 cm³/mol. The largest absolute Gasteiger partial charge is 0.465 e. The molecule has 0 heterocycles. The molecule has 0 aliphatic rings. The van der Waals surface area contributed by atoms with E-state index in [1.807, 2.05) is 0 Å². The highest BCUT2D eigenvalue weighted by Crippen LogP contribution is 2.23. The van der Waals surface area contributed by atoms with Crippen LogP contribution in [0.3, 0.4) is 0 Å². The summed E-state index contributed by atoms with van der Waals surface area (Å²) in [4.78, 5) is 8.78. The lowest BCUT2D eigenvalue weighted by Crippen LogP contribution is -2.03. The number of nitrogens with two attached hydrogens (primary N) is 1. The summed E-state index contributed by atoms with van der Waals surface area (Å²) in [5, 5.41) is 7.19. The van der Waals surface area contributed by atoms with E-state index in [4.69, 9.17) is 9.90 Å². The number of rotatable bonds is 3. The minimum Gasteiger partial charge on any atom is -0.465 e. The van der Waals surface area contributed by atoms with Gasteiger partial charge in [-0.15, -0.1) is 0 Å². The fourth-order valence-corrected chi connectivity index (χ4v) is 1.68. The van der Waals surface area contributed by atoms with Crippen LogP contribution in [0.4, 0.5) is 4.79 Å². The van der Waals surface area contributed by atoms with Gasteiger partial charge in [0.2, 0.25) is 0 Å². The quantitative estimate of drug-likeness (QED) is 0.823. The van der Waals surface area contributed by atoms with Gasteiger partial charge in [-0.25, -0.2) is 4.79 Å². The van der Waals surface area contributed by atoms with Crippen LogP contribution in [0, 0.1) is 6.92 Å². The number of carboxylic acid groups (broad SMARTS) is 1. The molecule has 16 heavy (non-hydrogen) atoms. The molecule has 1 rings (SSSR count). The zero-order valence-electron chi connectivity index (χ0n) is 10.2. The summed E-state index contributed by atoms with van der Waals surface area (Å²) < 4.78 is 0. The molecular formula is C13H21NO2. The van der Waals surface area contributed by atoms with Crippen molar-refractivity contribution in [2.75, 3.05) is 0 Å². The van der Waals surface area contributed by atoms with Crippen molar-refractivity contribution >= 4 is 6.09 Å². The van der Waals surface area contributed by atoms with E-state index < -0.39 is 6.09 Å². The van der Waals surface area contributed by atoms with Crippen molar-refractivity contribution in [3.8, 4) is 0 Å². The van der Waals surface area contributed by atoms with E-state index in [0.29, 0.717) is 0 Å². The number of amides is 1. The van der Waals surface area contributed by atoms with Crippen molar-refractivity contribution < 1.29 is 9.90 Å². The third kappa shape index (κ3) is 6.06. The molecule has 3 heteroatoms. The van der Waals surface area contributed by atoms with Gasteiger partial charge in [-0.05, 0) is 31.2 Å². The molecule has 1 aromatic rings. The molecule has 0 aromatic heterocycles. The molecule has 0 spiro atoms. The molecule has 0 fully saturated rings. The highest BCUT2D eigenvalue weighted by atomic mass is 16.4. The van der Waals surface area contributed by atoms with Crippen LogP contribution in [0.1, 0.15) is 43.7 Å². The molecule has 0 aliphatic carbocycles. The summed E-state index contributed by atoms with van der Waals surface area (Å²) in [6, 6.07) is 8.86. The molecule has 0 aliphatic heterocycles. The number of primary amides is 1. The van der Waals surface area contributed by atoms with Crippen LogP contribution in [-0.4, -0.2) is 11.2 Å². The van der Waals surface area contributed by atoms with Crippen molar-refractivity contribution in [2.24, 2.45) is 5.73 Å². The van der Waals surface area contributed by atoms with E-state index in [1.165, 1.54) is 24.0 Å². The number of carbonyl (C=O) groups is 1. The highest BCUT2D eigenvalue weighted by molar-refractivity contribution is 5.61. The lowest BCUT2D eigenvalue weighted by Gasteiger charge is -2.12. The summed E-state index contributed by atoms with van der Waals surface area (Å²) >= 11 is 0. The van der Waals surface area contributed by atoms with Crippen LogP contribution in [0.15, 0.2) is 24.3 Å². The Labute approximate surface area is 97.3 Å². The third-order valence-corrected chi connectivity index (χ3v) is 2.50. The van der Waals surface area contributed by atoms with Gasteiger partial charge in [0.15, 0.2) is 0 Å². The Morgan fingerprint density at radius 1 is 1.38 bits per heavy atom. The molecule has 0 unspecified atom stereocenters. The fraction of sp³-hybridized carbons (Fsp3) is 0.462. The molecule has 0 saturated heterocycles. The Balaban J connectivity index is 0.000000487. The van der Waals surface area contributed by atoms with Crippen molar-refractivity contribution in [1.82, 2.24) is 0 Å². The standard InChI is InChI=1S/C12H18.CH3NO2/c1-4-11(5-2)12-8-6-7-10(3)9-12;2-1(3)4/h6-9,11H,4-5H2,1-3H3;2H2,(H,3,4). The number of hydrogen-bond acceptors (Lipinski definition) is 1. The summed E-state index contributed by atoms with van der Waals surface area (Å²) in [6.07, 6.45) is 1.17. The molecule has 3 nitrogen and oxygen atoms in total. The van der Waals surface area contributed by atoms with E-state index in [2.05, 4.69) is 50.8 Å². The second kappa shape index (κ2) is 7.74. The first kappa shape index (κ1) is 14.5. The second-order valence-corrected chi connectivity index (χ2v) is 3.77. The number of aryl methyl sites for hydroxylation is 1. The van der Waals surface area contributed by atoms with Crippen molar-refractivity contribution in [2.45, 2.75) is 39.5 Å². The molecule has 0 bridgehead atoms. The minimum atomic E-state index is -1.33. The average molecular weight is 223 g/mol. The van der Waals surface area contributed by atoms with Crippen LogP contribution in [0.2, 0.25) is 0 Å². The van der Waals surface area contributed by atoms with Crippen LogP contribution in [0.25, 0.3) is 0 Å². The Bertz CT molecular complexity index is 315. The third-order valence-electron chi connectivity index (χ3n) is 2.50. The minimum absolute atomic E-state index is 0.755. The van der Waals surface area contributed by atoms with E-state index >= 15 is 0 Å². The molecule has 0 saturated carbocycles. The SMILES string of the molecule is CCC(CC)c1cccc(C)c1.NC(=O)O. The van der Waals surface area contributed by atoms with Gasteiger partial charge >= 0.3 is 6.09 Å². The molecule has 0 atom stereocenters. The van der Waals surface area contributed by atoms with E-state index in [0.717, 1.165) is 5.92 Å². The summed E-state index contributed by atoms with van der Waals surface area (Å²) in [6.45, 7) is 6.68. The van der Waals surface area contributed by atoms with E-state index in [-0.39, 0.29) is 0 Å². The van der Waals surface area contributed by atoms with Gasteiger partial charge in [0.1, 0.15) is 0 Å². The van der Waals surface area contributed by atoms with Crippen LogP contribution >= 0.6 is 0 Å². The summed E-state index contributed by atoms with van der Waals surface area (Å²) in [7, 11) is 0. The fourth-order valence-electron chi connectivity index (χ4n) is 1.68. The topological polar surface area (TPSA) is 63.3 Å². The normalized spacial score (nSPS) is 9.50. The number of hydrogen-bond donors (Lipinski definition) is 2. The first-order chi connectivity index (χ1) is 7.51. The maximum absolute atomic E-state index is 8.78. The van der Waals surface area contributed by atoms with Gasteiger partial charge in [0.25, 0.3) is 0 Å². The van der Waals surface area contributed by atoms with Gasteiger partial charge in [0, 0.05) is 0 Å². The monoisotopic (exact) mass is 223 g/mol. The molecule has 0 radical (unpaired) electrons. The Hall–Kier alpha value is -1.51. The van der Waals surface area contributed by atoms with Gasteiger partial charge in [-0.2, -0.15) is 0 Å². The highest BCUT2D eigenvalue weighted by Gasteiger charge is 2.05. The number of benzene rings is 1. The Kier molecular flexibility index (Phi) is 7.01. The summed E-state index contributed by atoms with van der Waals surface area (Å²) in [5.41, 5.74) is 6.90. The first-order valence-corrected chi connectivity index (χ1v) is 5.56. The Morgan fingerprint density at radius 3 is 2.25 bits per heavy atom. The zero-order chi connectivity index (χ0) is 12.6. The van der Waals surface area contributed by atoms with Gasteiger partial charge < -0.3 is 10.8 Å². The van der Waals surface area contributed by atoms with E-state index in [1.54, 1.807) is 0 Å². The molecule has 3 N–H and O–H groups in total. The van der Waals surface area contributed by atoms with Gasteiger partial charge in [0.05, 0.1) is 0 Å². The van der Waals surface area contributed by atoms with Crippen LogP contribution in [-0.2, 0) is 0 Å². The van der Waals surface area contributed by atoms with Gasteiger partial charge in [-0.3, -0.25) is 0 Å². The summed E-state index contributed by atoms with van der Waals surface area (Å²) in [5.74, 6) is 0.755. The zero-order valence-corrected chi connectivity index (χ0v) is 10.2. The lowest BCUT2D eigenvalue weighted by molar-refractivity contribution is 0.205. The lowest BCUT2D eigenvalue weighted by atomic mass is 9.93. The molecule has 1 amide bonds. The van der Waals surface area contributed by atoms with Crippen LogP contribution in [0.5, 0.6) is 0 Å². The van der Waals surface area contributed by atoms with Crippen LogP contribution < -0.4 is 5.73 Å². The first-order valence-electron chi connectivity index (χ1n) is 5.56. The molecule has 1 aromatic carbocycles. The molecular weight excluding hydrogens is 202 g/mol.